The van der Waals surface area contributed by atoms with Gasteiger partial charge in [-0.15, -0.1) is 6.42 Å². The summed E-state index contributed by atoms with van der Waals surface area (Å²) in [6, 6.07) is 1.91. The van der Waals surface area contributed by atoms with E-state index in [1.165, 1.54) is 0 Å². The zero-order valence-corrected chi connectivity index (χ0v) is 5.63. The molecule has 2 nitrogen and oxygen atoms in total. The Morgan fingerprint density at radius 3 is 3.20 bits per heavy atom. The van der Waals surface area contributed by atoms with Crippen LogP contribution in [0.4, 0.5) is 0 Å². The van der Waals surface area contributed by atoms with E-state index >= 15 is 0 Å². The molecule has 0 aromatic carbocycles. The van der Waals surface area contributed by atoms with E-state index in [4.69, 9.17) is 10.8 Å². The van der Waals surface area contributed by atoms with Crippen molar-refractivity contribution in [2.24, 2.45) is 0 Å². The van der Waals surface area contributed by atoms with Gasteiger partial charge in [-0.1, -0.05) is 5.92 Å². The van der Waals surface area contributed by atoms with Crippen molar-refractivity contribution >= 4 is 0 Å². The van der Waals surface area contributed by atoms with Crippen LogP contribution < -0.4 is 5.32 Å². The Morgan fingerprint density at radius 2 is 2.60 bits per heavy atom. The quantitative estimate of drug-likeness (QED) is 0.494. The molecule has 0 bridgehead atoms. The molecule has 0 amide bonds. The molecule has 0 aliphatic heterocycles. The SMILES string of the molecule is C#CCNCc1ccoc1. The van der Waals surface area contributed by atoms with Crippen LogP contribution >= 0.6 is 0 Å². The second kappa shape index (κ2) is 3.76. The molecule has 0 saturated carbocycles. The summed E-state index contributed by atoms with van der Waals surface area (Å²) < 4.78 is 4.85. The summed E-state index contributed by atoms with van der Waals surface area (Å²) >= 11 is 0. The van der Waals surface area contributed by atoms with E-state index in [1.807, 2.05) is 6.07 Å². The van der Waals surface area contributed by atoms with Gasteiger partial charge in [0.25, 0.3) is 0 Å². The van der Waals surface area contributed by atoms with Crippen molar-refractivity contribution in [3.63, 3.8) is 0 Å². The van der Waals surface area contributed by atoms with Gasteiger partial charge in [0.2, 0.25) is 0 Å². The van der Waals surface area contributed by atoms with Gasteiger partial charge in [-0.25, -0.2) is 0 Å². The molecular weight excluding hydrogens is 126 g/mol. The molecule has 1 rings (SSSR count). The van der Waals surface area contributed by atoms with Gasteiger partial charge in [0.1, 0.15) is 0 Å². The Morgan fingerprint density at radius 1 is 1.70 bits per heavy atom. The van der Waals surface area contributed by atoms with Crippen LogP contribution in [0.5, 0.6) is 0 Å². The third kappa shape index (κ3) is 1.96. The summed E-state index contributed by atoms with van der Waals surface area (Å²) in [6.45, 7) is 1.38. The fourth-order valence-corrected chi connectivity index (χ4v) is 0.672. The molecule has 2 heteroatoms. The minimum absolute atomic E-state index is 0.602. The molecular formula is C8H9NO. The first-order valence-corrected chi connectivity index (χ1v) is 3.08. The minimum Gasteiger partial charge on any atom is -0.472 e. The number of furan rings is 1. The average molecular weight is 135 g/mol. The number of terminal acetylenes is 1. The van der Waals surface area contributed by atoms with Gasteiger partial charge in [0.15, 0.2) is 0 Å². The summed E-state index contributed by atoms with van der Waals surface area (Å²) in [4.78, 5) is 0. The molecule has 1 aromatic heterocycles. The van der Waals surface area contributed by atoms with E-state index in [2.05, 4.69) is 11.2 Å². The maximum Gasteiger partial charge on any atom is 0.0947 e. The minimum atomic E-state index is 0.602. The smallest absolute Gasteiger partial charge is 0.0947 e. The van der Waals surface area contributed by atoms with Crippen molar-refractivity contribution in [3.8, 4) is 12.3 Å². The van der Waals surface area contributed by atoms with Crippen LogP contribution in [0.1, 0.15) is 5.56 Å². The van der Waals surface area contributed by atoms with Crippen LogP contribution in [0.15, 0.2) is 23.0 Å². The Balaban J connectivity index is 2.23. The first-order chi connectivity index (χ1) is 4.93. The zero-order valence-electron chi connectivity index (χ0n) is 5.63. The molecule has 1 heterocycles. The number of nitrogens with one attached hydrogen (secondary N) is 1. The summed E-state index contributed by atoms with van der Waals surface area (Å²) in [5.74, 6) is 2.49. The van der Waals surface area contributed by atoms with Crippen LogP contribution in [0, 0.1) is 12.3 Å². The topological polar surface area (TPSA) is 25.2 Å². The molecule has 0 aliphatic carbocycles. The summed E-state index contributed by atoms with van der Waals surface area (Å²) in [7, 11) is 0. The Bertz CT molecular complexity index is 208. The van der Waals surface area contributed by atoms with Gasteiger partial charge in [0, 0.05) is 12.1 Å². The predicted octanol–water partition coefficient (Wildman–Crippen LogP) is 1.00. The van der Waals surface area contributed by atoms with Crippen LogP contribution in [-0.2, 0) is 6.54 Å². The summed E-state index contributed by atoms with van der Waals surface area (Å²) in [6.07, 6.45) is 8.38. The zero-order chi connectivity index (χ0) is 7.23. The van der Waals surface area contributed by atoms with Crippen molar-refractivity contribution in [1.82, 2.24) is 5.32 Å². The van der Waals surface area contributed by atoms with Gasteiger partial charge >= 0.3 is 0 Å². The largest absolute Gasteiger partial charge is 0.472 e. The van der Waals surface area contributed by atoms with E-state index in [-0.39, 0.29) is 0 Å². The van der Waals surface area contributed by atoms with Crippen LogP contribution in [0.3, 0.4) is 0 Å². The molecule has 52 valence electrons. The fraction of sp³-hybridized carbons (Fsp3) is 0.250. The van der Waals surface area contributed by atoms with Gasteiger partial charge in [0.05, 0.1) is 19.1 Å². The van der Waals surface area contributed by atoms with Crippen LogP contribution in [-0.4, -0.2) is 6.54 Å². The van der Waals surface area contributed by atoms with Crippen molar-refractivity contribution in [2.45, 2.75) is 6.54 Å². The highest BCUT2D eigenvalue weighted by Crippen LogP contribution is 1.97. The molecule has 0 radical (unpaired) electrons. The first kappa shape index (κ1) is 6.91. The summed E-state index contributed by atoms with van der Waals surface area (Å²) in [5, 5.41) is 3.04. The second-order valence-corrected chi connectivity index (χ2v) is 1.94. The van der Waals surface area contributed by atoms with E-state index in [0.29, 0.717) is 6.54 Å². The maximum absolute atomic E-state index is 5.03. The third-order valence-corrected chi connectivity index (χ3v) is 1.14. The predicted molar refractivity (Wildman–Crippen MR) is 39.2 cm³/mol. The number of hydrogen-bond donors (Lipinski definition) is 1. The van der Waals surface area contributed by atoms with Crippen molar-refractivity contribution in [2.75, 3.05) is 6.54 Å². The van der Waals surface area contributed by atoms with Gasteiger partial charge in [-0.2, -0.15) is 0 Å². The van der Waals surface area contributed by atoms with E-state index in [0.717, 1.165) is 12.1 Å². The highest BCUT2D eigenvalue weighted by molar-refractivity contribution is 5.05. The average Bonchev–Trinajstić information content (AvgIpc) is 2.41. The molecule has 1 aromatic rings. The Hall–Kier alpha value is -1.20. The van der Waals surface area contributed by atoms with Gasteiger partial charge in [-0.05, 0) is 6.07 Å². The van der Waals surface area contributed by atoms with Crippen LogP contribution in [0.2, 0.25) is 0 Å². The standard InChI is InChI=1S/C8H9NO/c1-2-4-9-6-8-3-5-10-7-8/h1,3,5,7,9H,4,6H2. The lowest BCUT2D eigenvalue weighted by Crippen LogP contribution is -2.12. The van der Waals surface area contributed by atoms with E-state index in [9.17, 15) is 0 Å². The van der Waals surface area contributed by atoms with E-state index < -0.39 is 0 Å². The highest BCUT2D eigenvalue weighted by atomic mass is 16.3. The lowest BCUT2D eigenvalue weighted by Gasteiger charge is -1.93. The summed E-state index contributed by atoms with van der Waals surface area (Å²) in [5.41, 5.74) is 1.12. The molecule has 0 fully saturated rings. The lowest BCUT2D eigenvalue weighted by atomic mass is 10.3. The molecule has 0 aliphatic rings. The molecule has 0 spiro atoms. The lowest BCUT2D eigenvalue weighted by molar-refractivity contribution is 0.562. The van der Waals surface area contributed by atoms with Gasteiger partial charge in [-0.3, -0.25) is 0 Å². The molecule has 0 atom stereocenters. The molecule has 1 N–H and O–H groups in total. The Labute approximate surface area is 60.2 Å². The van der Waals surface area contributed by atoms with Gasteiger partial charge < -0.3 is 9.73 Å². The monoisotopic (exact) mass is 135 g/mol. The normalized spacial score (nSPS) is 9.10. The molecule has 0 saturated heterocycles. The molecule has 0 unspecified atom stereocenters. The van der Waals surface area contributed by atoms with E-state index in [1.54, 1.807) is 12.5 Å². The second-order valence-electron chi connectivity index (χ2n) is 1.94. The molecule has 10 heavy (non-hydrogen) atoms. The van der Waals surface area contributed by atoms with Crippen molar-refractivity contribution in [1.29, 1.82) is 0 Å². The number of hydrogen-bond acceptors (Lipinski definition) is 2. The van der Waals surface area contributed by atoms with Crippen molar-refractivity contribution < 1.29 is 4.42 Å². The van der Waals surface area contributed by atoms with Crippen LogP contribution in [0.25, 0.3) is 0 Å². The highest BCUT2D eigenvalue weighted by Gasteiger charge is 1.89. The number of rotatable bonds is 3. The first-order valence-electron chi connectivity index (χ1n) is 3.08. The van der Waals surface area contributed by atoms with Crippen molar-refractivity contribution in [3.05, 3.63) is 24.2 Å². The Kier molecular flexibility index (Phi) is 2.60. The maximum atomic E-state index is 5.03. The third-order valence-electron chi connectivity index (χ3n) is 1.14. The fourth-order valence-electron chi connectivity index (χ4n) is 0.672.